The number of ether oxygens (including phenoxy) is 6. The smallest absolute Gasteiger partial charge is 0.338 e. The Bertz CT molecular complexity index is 1710. The van der Waals surface area contributed by atoms with E-state index in [1.807, 2.05) is 30.3 Å². The minimum Gasteiger partial charge on any atom is -0.452 e. The molecular weight excluding hydrogens is 697 g/mol. The summed E-state index contributed by atoms with van der Waals surface area (Å²) < 4.78 is 33.3. The average Bonchev–Trinajstić information content (AvgIpc) is 3.12. The van der Waals surface area contributed by atoms with Gasteiger partial charge in [0.15, 0.2) is 12.2 Å². The summed E-state index contributed by atoms with van der Waals surface area (Å²) >= 11 is 17.8. The quantitative estimate of drug-likeness (QED) is 0.0573. The lowest BCUT2D eigenvalue weighted by Gasteiger charge is -2.44. The minimum absolute atomic E-state index is 0.135. The standard InChI is InChI=1S/C36H30Cl3NO9/c37-36(38,39)35(40)49-34-30(48-33(43)26-19-11-4-12-20-26)29(47-32(42)25-17-9-3-10-18-25)28(46-31(41)24-15-7-2-8-16-24)27(45-34)22-44-21-23-13-5-1-6-14-23/h1-20,27-30,34,40H,21-22H2/t27-,28+,29+,30-,34+/m1/s1. The van der Waals surface area contributed by atoms with E-state index >= 15 is 0 Å². The van der Waals surface area contributed by atoms with Gasteiger partial charge in [-0.15, -0.1) is 0 Å². The van der Waals surface area contributed by atoms with E-state index < -0.39 is 58.3 Å². The summed E-state index contributed by atoms with van der Waals surface area (Å²) in [7, 11) is 0. The van der Waals surface area contributed by atoms with E-state index in [0.29, 0.717) is 0 Å². The van der Waals surface area contributed by atoms with Crippen LogP contribution in [0.3, 0.4) is 0 Å². The second-order valence-electron chi connectivity index (χ2n) is 10.7. The summed E-state index contributed by atoms with van der Waals surface area (Å²) in [5, 5.41) is 8.28. The van der Waals surface area contributed by atoms with Crippen molar-refractivity contribution in [3.8, 4) is 0 Å². The molecule has 0 aromatic heterocycles. The van der Waals surface area contributed by atoms with Crippen molar-refractivity contribution >= 4 is 58.6 Å². The van der Waals surface area contributed by atoms with Crippen LogP contribution in [0, 0.1) is 5.41 Å². The first-order valence-corrected chi connectivity index (χ1v) is 16.1. The summed E-state index contributed by atoms with van der Waals surface area (Å²) in [4.78, 5) is 40.6. The van der Waals surface area contributed by atoms with Crippen molar-refractivity contribution in [2.75, 3.05) is 6.61 Å². The van der Waals surface area contributed by atoms with Crippen molar-refractivity contribution in [1.29, 1.82) is 5.41 Å². The molecule has 1 heterocycles. The van der Waals surface area contributed by atoms with Crippen LogP contribution in [0.15, 0.2) is 121 Å². The Hall–Kier alpha value is -4.45. The van der Waals surface area contributed by atoms with Crippen LogP contribution in [0.2, 0.25) is 0 Å². The summed E-state index contributed by atoms with van der Waals surface area (Å²) in [5.74, 6) is -3.37. The molecule has 0 unspecified atom stereocenters. The molecule has 0 spiro atoms. The molecule has 1 fully saturated rings. The molecule has 1 saturated heterocycles. The van der Waals surface area contributed by atoms with E-state index in [1.54, 1.807) is 66.7 Å². The predicted octanol–water partition coefficient (Wildman–Crippen LogP) is 6.97. The van der Waals surface area contributed by atoms with Gasteiger partial charge < -0.3 is 28.4 Å². The zero-order chi connectivity index (χ0) is 34.8. The van der Waals surface area contributed by atoms with Gasteiger partial charge in [-0.2, -0.15) is 0 Å². The first kappa shape index (κ1) is 35.8. The molecule has 0 radical (unpaired) electrons. The maximum atomic E-state index is 13.6. The molecule has 49 heavy (non-hydrogen) atoms. The van der Waals surface area contributed by atoms with Crippen molar-refractivity contribution in [1.82, 2.24) is 0 Å². The maximum absolute atomic E-state index is 13.6. The van der Waals surface area contributed by atoms with Gasteiger partial charge in [0.25, 0.3) is 3.79 Å². The summed E-state index contributed by atoms with van der Waals surface area (Å²) in [6, 6.07) is 33.3. The third kappa shape index (κ3) is 9.81. The lowest BCUT2D eigenvalue weighted by molar-refractivity contribution is -0.282. The largest absolute Gasteiger partial charge is 0.452 e. The van der Waals surface area contributed by atoms with E-state index in [4.69, 9.17) is 68.6 Å². The first-order chi connectivity index (χ1) is 23.6. The number of carbonyl (C=O) groups is 3. The number of esters is 3. The van der Waals surface area contributed by atoms with Crippen LogP contribution in [-0.4, -0.2) is 64.9 Å². The normalized spacial score (nSPS) is 20.4. The van der Waals surface area contributed by atoms with Crippen molar-refractivity contribution < 1.29 is 42.8 Å². The van der Waals surface area contributed by atoms with Gasteiger partial charge in [0.2, 0.25) is 18.3 Å². The second kappa shape index (κ2) is 16.8. The Morgan fingerprint density at radius 1 is 0.592 bits per heavy atom. The lowest BCUT2D eigenvalue weighted by Crippen LogP contribution is -2.63. The van der Waals surface area contributed by atoms with Gasteiger partial charge in [0.05, 0.1) is 29.9 Å². The topological polar surface area (TPSA) is 130 Å². The van der Waals surface area contributed by atoms with Gasteiger partial charge >= 0.3 is 17.9 Å². The number of carbonyl (C=O) groups excluding carboxylic acids is 3. The highest BCUT2D eigenvalue weighted by molar-refractivity contribution is 6.76. The predicted molar refractivity (Wildman–Crippen MR) is 181 cm³/mol. The van der Waals surface area contributed by atoms with Gasteiger partial charge in [0, 0.05) is 0 Å². The SMILES string of the molecule is N=C(O[C@@H]1O[C@H](COCc2ccccc2)[C@H](OC(=O)c2ccccc2)[C@H](OC(=O)c2ccccc2)[C@H]1OC(=O)c1ccccc1)C(Cl)(Cl)Cl. The van der Waals surface area contributed by atoms with Crippen LogP contribution < -0.4 is 0 Å². The monoisotopic (exact) mass is 725 g/mol. The molecule has 0 aliphatic carbocycles. The number of hydrogen-bond donors (Lipinski definition) is 1. The third-order valence-electron chi connectivity index (χ3n) is 7.23. The zero-order valence-corrected chi connectivity index (χ0v) is 27.9. The molecule has 13 heteroatoms. The fourth-order valence-electron chi connectivity index (χ4n) is 4.86. The Morgan fingerprint density at radius 3 is 1.45 bits per heavy atom. The van der Waals surface area contributed by atoms with Crippen molar-refractivity contribution in [3.63, 3.8) is 0 Å². The van der Waals surface area contributed by atoms with E-state index in [0.717, 1.165) is 5.56 Å². The van der Waals surface area contributed by atoms with Crippen LogP contribution in [0.25, 0.3) is 0 Å². The number of rotatable bonds is 11. The number of alkyl halides is 3. The Kier molecular flexibility index (Phi) is 12.3. The molecule has 1 N–H and O–H groups in total. The van der Waals surface area contributed by atoms with Crippen molar-refractivity contribution in [2.24, 2.45) is 0 Å². The van der Waals surface area contributed by atoms with Crippen LogP contribution in [-0.2, 0) is 35.0 Å². The maximum Gasteiger partial charge on any atom is 0.338 e. The lowest BCUT2D eigenvalue weighted by atomic mass is 9.97. The second-order valence-corrected chi connectivity index (χ2v) is 13.0. The highest BCUT2D eigenvalue weighted by Gasteiger charge is 2.54. The number of benzene rings is 4. The fraction of sp³-hybridized carbons (Fsp3) is 0.222. The van der Waals surface area contributed by atoms with Crippen LogP contribution >= 0.6 is 34.8 Å². The van der Waals surface area contributed by atoms with E-state index in [9.17, 15) is 14.4 Å². The first-order valence-electron chi connectivity index (χ1n) is 15.0. The van der Waals surface area contributed by atoms with Crippen molar-refractivity contribution in [3.05, 3.63) is 144 Å². The molecule has 0 saturated carbocycles. The van der Waals surface area contributed by atoms with Crippen LogP contribution in [0.4, 0.5) is 0 Å². The van der Waals surface area contributed by atoms with Gasteiger partial charge in [-0.3, -0.25) is 5.41 Å². The molecule has 1 aliphatic rings. The molecule has 4 aromatic carbocycles. The molecule has 0 amide bonds. The summed E-state index contributed by atoms with van der Waals surface area (Å²) in [5.41, 5.74) is 1.31. The summed E-state index contributed by atoms with van der Waals surface area (Å²) in [6.45, 7) is -0.0994. The van der Waals surface area contributed by atoms with Gasteiger partial charge in [-0.25, -0.2) is 14.4 Å². The van der Waals surface area contributed by atoms with Crippen molar-refractivity contribution in [2.45, 2.75) is 41.1 Å². The average molecular weight is 727 g/mol. The van der Waals surface area contributed by atoms with E-state index in [2.05, 4.69) is 0 Å². The molecule has 1 aliphatic heterocycles. The van der Waals surface area contributed by atoms with Crippen LogP contribution in [0.5, 0.6) is 0 Å². The van der Waals surface area contributed by atoms with Gasteiger partial charge in [-0.05, 0) is 42.0 Å². The summed E-state index contributed by atoms with van der Waals surface area (Å²) in [6.07, 6.45) is -7.61. The Morgan fingerprint density at radius 2 is 1.00 bits per heavy atom. The van der Waals surface area contributed by atoms with Crippen LogP contribution in [0.1, 0.15) is 36.6 Å². The minimum atomic E-state index is -2.34. The number of nitrogens with one attached hydrogen (secondary N) is 1. The van der Waals surface area contributed by atoms with E-state index in [1.165, 1.54) is 24.3 Å². The molecule has 0 bridgehead atoms. The molecule has 5 rings (SSSR count). The molecule has 4 aromatic rings. The molecular formula is C36H30Cl3NO9. The fourth-order valence-corrected chi connectivity index (χ4v) is 4.99. The Labute approximate surface area is 297 Å². The van der Waals surface area contributed by atoms with E-state index in [-0.39, 0.29) is 29.9 Å². The van der Waals surface area contributed by atoms with Gasteiger partial charge in [-0.1, -0.05) is 120 Å². The third-order valence-corrected chi connectivity index (χ3v) is 7.75. The number of hydrogen-bond acceptors (Lipinski definition) is 10. The number of halogens is 3. The highest BCUT2D eigenvalue weighted by atomic mass is 35.6. The van der Waals surface area contributed by atoms with Gasteiger partial charge in [0.1, 0.15) is 6.10 Å². The Balaban J connectivity index is 1.55. The molecule has 10 nitrogen and oxygen atoms in total. The molecule has 5 atom stereocenters. The molecule has 254 valence electrons. The highest BCUT2D eigenvalue weighted by Crippen LogP contribution is 2.35. The zero-order valence-electron chi connectivity index (χ0n) is 25.7.